The summed E-state index contributed by atoms with van der Waals surface area (Å²) < 4.78 is 11.3. The minimum absolute atomic E-state index is 0.113. The zero-order valence-electron chi connectivity index (χ0n) is 16.9. The van der Waals surface area contributed by atoms with Crippen molar-refractivity contribution in [1.29, 1.82) is 0 Å². The molecule has 1 atom stereocenters. The van der Waals surface area contributed by atoms with Gasteiger partial charge in [-0.05, 0) is 42.0 Å². The summed E-state index contributed by atoms with van der Waals surface area (Å²) in [6.07, 6.45) is 1.58. The number of carbonyl (C=O) groups is 2. The van der Waals surface area contributed by atoms with Crippen molar-refractivity contribution in [1.82, 2.24) is 15.1 Å². The molecule has 0 fully saturated rings. The van der Waals surface area contributed by atoms with Crippen LogP contribution in [0.1, 0.15) is 17.4 Å². The van der Waals surface area contributed by atoms with E-state index in [4.69, 9.17) is 9.15 Å². The molecule has 3 amide bonds. The maximum absolute atomic E-state index is 13.3. The topological polar surface area (TPSA) is 75.0 Å². The first kappa shape index (κ1) is 19.0. The lowest BCUT2D eigenvalue weighted by Gasteiger charge is -2.31. The van der Waals surface area contributed by atoms with Crippen molar-refractivity contribution in [2.24, 2.45) is 0 Å². The molecule has 3 aromatic rings. The third kappa shape index (κ3) is 3.54. The predicted molar refractivity (Wildman–Crippen MR) is 113 cm³/mol. The summed E-state index contributed by atoms with van der Waals surface area (Å²) in [6, 6.07) is 19.8. The molecule has 0 spiro atoms. The summed E-state index contributed by atoms with van der Waals surface area (Å²) in [5, 5.41) is 2.96. The molecule has 2 aliphatic rings. The van der Waals surface area contributed by atoms with Crippen molar-refractivity contribution in [2.45, 2.75) is 12.6 Å². The second-order valence-electron chi connectivity index (χ2n) is 7.53. The molecular formula is C24H21N3O4. The molecular weight excluding hydrogens is 394 g/mol. The summed E-state index contributed by atoms with van der Waals surface area (Å²) >= 11 is 0. The Morgan fingerprint density at radius 3 is 2.61 bits per heavy atom. The third-order valence-corrected chi connectivity index (χ3v) is 5.53. The zero-order valence-corrected chi connectivity index (χ0v) is 16.9. The molecule has 3 heterocycles. The molecule has 7 nitrogen and oxygen atoms in total. The summed E-state index contributed by atoms with van der Waals surface area (Å²) in [5.41, 5.74) is 2.07. The molecule has 2 aromatic carbocycles. The SMILES string of the molecule is CN1C(=O)N[C@H](c2cccc(Oc3ccccc3)c2)C2=C1CN(Cc1ccco1)C2=O. The number of carbonyl (C=O) groups excluding carboxylic acids is 2. The van der Waals surface area contributed by atoms with E-state index < -0.39 is 6.04 Å². The zero-order chi connectivity index (χ0) is 21.4. The Hall–Kier alpha value is -4.00. The van der Waals surface area contributed by atoms with Gasteiger partial charge in [0.2, 0.25) is 0 Å². The van der Waals surface area contributed by atoms with E-state index in [1.165, 1.54) is 4.90 Å². The molecule has 1 aromatic heterocycles. The van der Waals surface area contributed by atoms with Crippen LogP contribution in [-0.4, -0.2) is 35.3 Å². The number of benzene rings is 2. The van der Waals surface area contributed by atoms with Crippen molar-refractivity contribution >= 4 is 11.9 Å². The number of furan rings is 1. The minimum Gasteiger partial charge on any atom is -0.467 e. The quantitative estimate of drug-likeness (QED) is 0.682. The molecule has 7 heteroatoms. The maximum Gasteiger partial charge on any atom is 0.322 e. The van der Waals surface area contributed by atoms with Crippen LogP contribution in [0.25, 0.3) is 0 Å². The van der Waals surface area contributed by atoms with Crippen molar-refractivity contribution in [3.8, 4) is 11.5 Å². The van der Waals surface area contributed by atoms with Gasteiger partial charge >= 0.3 is 6.03 Å². The van der Waals surface area contributed by atoms with Crippen molar-refractivity contribution in [2.75, 3.05) is 13.6 Å². The summed E-state index contributed by atoms with van der Waals surface area (Å²) in [5.74, 6) is 1.94. The van der Waals surface area contributed by atoms with Crippen LogP contribution in [0, 0.1) is 0 Å². The monoisotopic (exact) mass is 415 g/mol. The molecule has 0 saturated heterocycles. The highest BCUT2D eigenvalue weighted by molar-refractivity contribution is 6.01. The number of rotatable bonds is 5. The number of nitrogens with zero attached hydrogens (tertiary/aromatic N) is 2. The van der Waals surface area contributed by atoms with Gasteiger partial charge in [0.25, 0.3) is 5.91 Å². The van der Waals surface area contributed by atoms with Gasteiger partial charge < -0.3 is 19.4 Å². The fourth-order valence-electron chi connectivity index (χ4n) is 3.97. The van der Waals surface area contributed by atoms with Crippen LogP contribution >= 0.6 is 0 Å². The van der Waals surface area contributed by atoms with E-state index in [2.05, 4.69) is 5.32 Å². The normalized spacial score (nSPS) is 18.3. The first-order valence-corrected chi connectivity index (χ1v) is 10.0. The smallest absolute Gasteiger partial charge is 0.322 e. The Balaban J connectivity index is 1.45. The molecule has 0 unspecified atom stereocenters. The minimum atomic E-state index is -0.549. The van der Waals surface area contributed by atoms with Gasteiger partial charge in [-0.3, -0.25) is 9.69 Å². The number of nitrogens with one attached hydrogen (secondary N) is 1. The second kappa shape index (κ2) is 7.68. The van der Waals surface area contributed by atoms with E-state index >= 15 is 0 Å². The van der Waals surface area contributed by atoms with Gasteiger partial charge in [0, 0.05) is 7.05 Å². The van der Waals surface area contributed by atoms with Crippen LogP contribution in [0.15, 0.2) is 88.7 Å². The lowest BCUT2D eigenvalue weighted by Crippen LogP contribution is -2.45. The lowest BCUT2D eigenvalue weighted by atomic mass is 9.95. The number of para-hydroxylation sites is 1. The lowest BCUT2D eigenvalue weighted by molar-refractivity contribution is -0.126. The highest BCUT2D eigenvalue weighted by Gasteiger charge is 2.43. The van der Waals surface area contributed by atoms with Crippen LogP contribution in [-0.2, 0) is 11.3 Å². The number of likely N-dealkylation sites (N-methyl/N-ethyl adjacent to an activating group) is 1. The molecule has 5 rings (SSSR count). The number of urea groups is 1. The van der Waals surface area contributed by atoms with Gasteiger partial charge in [0.05, 0.1) is 36.7 Å². The van der Waals surface area contributed by atoms with Gasteiger partial charge in [-0.15, -0.1) is 0 Å². The number of ether oxygens (including phenoxy) is 1. The van der Waals surface area contributed by atoms with E-state index in [-0.39, 0.29) is 11.9 Å². The van der Waals surface area contributed by atoms with Crippen LogP contribution in [0.3, 0.4) is 0 Å². The van der Waals surface area contributed by atoms with E-state index in [1.807, 2.05) is 60.7 Å². The van der Waals surface area contributed by atoms with Gasteiger partial charge in [0.15, 0.2) is 0 Å². The molecule has 31 heavy (non-hydrogen) atoms. The average Bonchev–Trinajstić information content (AvgIpc) is 3.41. The van der Waals surface area contributed by atoms with Crippen LogP contribution in [0.4, 0.5) is 4.79 Å². The average molecular weight is 415 g/mol. The molecule has 1 N–H and O–H groups in total. The molecule has 0 radical (unpaired) electrons. The fraction of sp³-hybridized carbons (Fsp3) is 0.167. The van der Waals surface area contributed by atoms with Crippen molar-refractivity contribution in [3.05, 3.63) is 95.6 Å². The highest BCUT2D eigenvalue weighted by atomic mass is 16.5. The van der Waals surface area contributed by atoms with Crippen LogP contribution in [0.2, 0.25) is 0 Å². The molecule has 0 aliphatic carbocycles. The Morgan fingerprint density at radius 2 is 1.84 bits per heavy atom. The number of amides is 3. The summed E-state index contributed by atoms with van der Waals surface area (Å²) in [7, 11) is 1.68. The van der Waals surface area contributed by atoms with Crippen molar-refractivity contribution < 1.29 is 18.7 Å². The highest BCUT2D eigenvalue weighted by Crippen LogP contribution is 2.37. The van der Waals surface area contributed by atoms with Crippen LogP contribution < -0.4 is 10.1 Å². The Bertz CT molecular complexity index is 1150. The van der Waals surface area contributed by atoms with Gasteiger partial charge in [-0.1, -0.05) is 30.3 Å². The molecule has 156 valence electrons. The van der Waals surface area contributed by atoms with E-state index in [1.54, 1.807) is 24.3 Å². The second-order valence-corrected chi connectivity index (χ2v) is 7.53. The Morgan fingerprint density at radius 1 is 1.03 bits per heavy atom. The molecule has 2 aliphatic heterocycles. The van der Waals surface area contributed by atoms with Crippen LogP contribution in [0.5, 0.6) is 11.5 Å². The Kier molecular flexibility index (Phi) is 4.71. The first-order valence-electron chi connectivity index (χ1n) is 10.0. The number of hydrogen-bond donors (Lipinski definition) is 1. The van der Waals surface area contributed by atoms with E-state index in [0.717, 1.165) is 5.56 Å². The first-order chi connectivity index (χ1) is 15.1. The standard InChI is InChI=1S/C24H21N3O4/c1-26-20-15-27(14-19-11-6-12-30-19)23(28)21(20)22(25-24(26)29)16-7-5-10-18(13-16)31-17-8-3-2-4-9-17/h2-13,22H,14-15H2,1H3,(H,25,29)/t22-/m1/s1. The van der Waals surface area contributed by atoms with Gasteiger partial charge in [-0.25, -0.2) is 4.79 Å². The molecule has 0 bridgehead atoms. The Labute approximate surface area is 179 Å². The van der Waals surface area contributed by atoms with Gasteiger partial charge in [0.1, 0.15) is 17.3 Å². The predicted octanol–water partition coefficient (Wildman–Crippen LogP) is 4.06. The number of hydrogen-bond acceptors (Lipinski definition) is 4. The van der Waals surface area contributed by atoms with Gasteiger partial charge in [-0.2, -0.15) is 0 Å². The molecule has 0 saturated carbocycles. The largest absolute Gasteiger partial charge is 0.467 e. The maximum atomic E-state index is 13.3. The third-order valence-electron chi connectivity index (χ3n) is 5.53. The van der Waals surface area contributed by atoms with E-state index in [9.17, 15) is 9.59 Å². The van der Waals surface area contributed by atoms with Crippen molar-refractivity contribution in [3.63, 3.8) is 0 Å². The fourth-order valence-corrected chi connectivity index (χ4v) is 3.97. The summed E-state index contributed by atoms with van der Waals surface area (Å²) in [6.45, 7) is 0.709. The van der Waals surface area contributed by atoms with E-state index in [0.29, 0.717) is 41.6 Å². The summed E-state index contributed by atoms with van der Waals surface area (Å²) in [4.78, 5) is 29.1.